The molecule has 90 valence electrons. The predicted octanol–water partition coefficient (Wildman–Crippen LogP) is 3.39. The lowest BCUT2D eigenvalue weighted by molar-refractivity contribution is 0.278. The molecular formula is C14H17BrN2. The van der Waals surface area contributed by atoms with Crippen LogP contribution in [0.25, 0.3) is 5.57 Å². The van der Waals surface area contributed by atoms with Gasteiger partial charge in [-0.2, -0.15) is 0 Å². The number of nitrogens with one attached hydrogen (secondary N) is 1. The summed E-state index contributed by atoms with van der Waals surface area (Å²) in [4.78, 5) is 4.31. The average Bonchev–Trinajstić information content (AvgIpc) is 2.39. The molecule has 0 radical (unpaired) electrons. The zero-order chi connectivity index (χ0) is 11.7. The van der Waals surface area contributed by atoms with E-state index in [1.54, 1.807) is 0 Å². The molecular weight excluding hydrogens is 276 g/mol. The van der Waals surface area contributed by atoms with Crippen molar-refractivity contribution in [1.82, 2.24) is 10.3 Å². The molecule has 0 spiro atoms. The molecule has 1 aromatic heterocycles. The van der Waals surface area contributed by atoms with Gasteiger partial charge in [0, 0.05) is 12.2 Å². The van der Waals surface area contributed by atoms with E-state index in [1.807, 2.05) is 12.3 Å². The van der Waals surface area contributed by atoms with Crippen LogP contribution in [0.5, 0.6) is 0 Å². The second-order valence-electron chi connectivity index (χ2n) is 5.00. The van der Waals surface area contributed by atoms with E-state index < -0.39 is 0 Å². The third kappa shape index (κ3) is 2.45. The summed E-state index contributed by atoms with van der Waals surface area (Å²) in [6.07, 6.45) is 9.50. The Bertz CT molecular complexity index is 424. The van der Waals surface area contributed by atoms with Crippen LogP contribution in [0.3, 0.4) is 0 Å². The molecule has 2 heterocycles. The first-order valence-electron chi connectivity index (χ1n) is 6.37. The van der Waals surface area contributed by atoms with Gasteiger partial charge < -0.3 is 5.32 Å². The molecule has 0 bridgehead atoms. The predicted molar refractivity (Wildman–Crippen MR) is 73.7 cm³/mol. The molecule has 1 aliphatic carbocycles. The Kier molecular flexibility index (Phi) is 3.30. The molecule has 2 nitrogen and oxygen atoms in total. The monoisotopic (exact) mass is 292 g/mol. The SMILES string of the molecule is Brc1ccc(C2=CCC3CCCN[C@H]3C2)cn1. The Morgan fingerprint density at radius 3 is 3.12 bits per heavy atom. The van der Waals surface area contributed by atoms with Gasteiger partial charge >= 0.3 is 0 Å². The molecule has 1 aliphatic heterocycles. The van der Waals surface area contributed by atoms with Crippen LogP contribution in [0.4, 0.5) is 0 Å². The zero-order valence-electron chi connectivity index (χ0n) is 9.82. The highest BCUT2D eigenvalue weighted by Gasteiger charge is 2.28. The van der Waals surface area contributed by atoms with E-state index in [-0.39, 0.29) is 0 Å². The fourth-order valence-corrected chi connectivity index (χ4v) is 3.19. The molecule has 2 atom stereocenters. The molecule has 1 aromatic rings. The van der Waals surface area contributed by atoms with Crippen molar-refractivity contribution < 1.29 is 0 Å². The lowest BCUT2D eigenvalue weighted by Crippen LogP contribution is -2.42. The van der Waals surface area contributed by atoms with Crippen molar-refractivity contribution in [2.24, 2.45) is 5.92 Å². The van der Waals surface area contributed by atoms with Gasteiger partial charge in [-0.05, 0) is 71.3 Å². The molecule has 2 aliphatic rings. The minimum atomic E-state index is 0.687. The standard InChI is InChI=1S/C14H17BrN2/c15-14-6-5-12(9-17-14)11-4-3-10-2-1-7-16-13(10)8-11/h4-6,9-10,13,16H,1-3,7-8H2/t10?,13-/m0/s1. The van der Waals surface area contributed by atoms with Crippen LogP contribution >= 0.6 is 15.9 Å². The van der Waals surface area contributed by atoms with Crippen molar-refractivity contribution in [2.75, 3.05) is 6.54 Å². The number of halogens is 1. The van der Waals surface area contributed by atoms with Crippen molar-refractivity contribution in [3.05, 3.63) is 34.6 Å². The van der Waals surface area contributed by atoms with Crippen LogP contribution < -0.4 is 5.32 Å². The van der Waals surface area contributed by atoms with Crippen molar-refractivity contribution in [2.45, 2.75) is 31.7 Å². The smallest absolute Gasteiger partial charge is 0.106 e. The molecule has 1 saturated heterocycles. The number of piperidine rings is 1. The number of aromatic nitrogens is 1. The Morgan fingerprint density at radius 2 is 2.29 bits per heavy atom. The number of hydrogen-bond donors (Lipinski definition) is 1. The molecule has 1 fully saturated rings. The minimum absolute atomic E-state index is 0.687. The average molecular weight is 293 g/mol. The van der Waals surface area contributed by atoms with Crippen molar-refractivity contribution in [3.63, 3.8) is 0 Å². The van der Waals surface area contributed by atoms with Crippen LogP contribution in [-0.2, 0) is 0 Å². The second kappa shape index (κ2) is 4.91. The second-order valence-corrected chi connectivity index (χ2v) is 5.81. The highest BCUT2D eigenvalue weighted by atomic mass is 79.9. The zero-order valence-corrected chi connectivity index (χ0v) is 11.4. The number of hydrogen-bond acceptors (Lipinski definition) is 2. The molecule has 1 N–H and O–H groups in total. The fraction of sp³-hybridized carbons (Fsp3) is 0.500. The first kappa shape index (κ1) is 11.4. The summed E-state index contributed by atoms with van der Waals surface area (Å²) >= 11 is 3.38. The highest BCUT2D eigenvalue weighted by molar-refractivity contribution is 9.10. The van der Waals surface area contributed by atoms with Gasteiger partial charge in [-0.15, -0.1) is 0 Å². The lowest BCUT2D eigenvalue weighted by atomic mass is 9.78. The molecule has 0 amide bonds. The maximum absolute atomic E-state index is 4.31. The van der Waals surface area contributed by atoms with Gasteiger partial charge in [-0.25, -0.2) is 4.98 Å². The summed E-state index contributed by atoms with van der Waals surface area (Å²) in [7, 11) is 0. The quantitative estimate of drug-likeness (QED) is 0.803. The largest absolute Gasteiger partial charge is 0.313 e. The molecule has 17 heavy (non-hydrogen) atoms. The summed E-state index contributed by atoms with van der Waals surface area (Å²) in [5.74, 6) is 0.857. The Hall–Kier alpha value is -0.670. The van der Waals surface area contributed by atoms with E-state index in [0.29, 0.717) is 6.04 Å². The molecule has 3 heteroatoms. The fourth-order valence-electron chi connectivity index (χ4n) is 2.96. The number of fused-ring (bicyclic) bond motifs is 1. The normalized spacial score (nSPS) is 28.4. The molecule has 3 rings (SSSR count). The Labute approximate surface area is 111 Å². The summed E-state index contributed by atoms with van der Waals surface area (Å²) in [5, 5.41) is 3.66. The van der Waals surface area contributed by atoms with Crippen LogP contribution in [0.2, 0.25) is 0 Å². The van der Waals surface area contributed by atoms with Crippen LogP contribution in [0.15, 0.2) is 29.0 Å². The van der Waals surface area contributed by atoms with Crippen molar-refractivity contribution in [1.29, 1.82) is 0 Å². The number of nitrogens with zero attached hydrogens (tertiary/aromatic N) is 1. The highest BCUT2D eigenvalue weighted by Crippen LogP contribution is 2.34. The molecule has 0 aromatic carbocycles. The number of pyridine rings is 1. The summed E-state index contributed by atoms with van der Waals surface area (Å²) < 4.78 is 0.909. The Morgan fingerprint density at radius 1 is 1.35 bits per heavy atom. The molecule has 0 saturated carbocycles. The maximum Gasteiger partial charge on any atom is 0.106 e. The van der Waals surface area contributed by atoms with Gasteiger partial charge in [0.1, 0.15) is 4.60 Å². The lowest BCUT2D eigenvalue weighted by Gasteiger charge is -2.36. The van der Waals surface area contributed by atoms with E-state index in [2.05, 4.69) is 38.4 Å². The van der Waals surface area contributed by atoms with E-state index in [1.165, 1.54) is 36.9 Å². The van der Waals surface area contributed by atoms with Gasteiger partial charge in [0.25, 0.3) is 0 Å². The van der Waals surface area contributed by atoms with Gasteiger partial charge in [0.05, 0.1) is 0 Å². The van der Waals surface area contributed by atoms with E-state index in [0.717, 1.165) is 16.9 Å². The van der Waals surface area contributed by atoms with E-state index >= 15 is 0 Å². The number of allylic oxidation sites excluding steroid dienone is 1. The van der Waals surface area contributed by atoms with Crippen LogP contribution in [0, 0.1) is 5.92 Å². The molecule has 1 unspecified atom stereocenters. The van der Waals surface area contributed by atoms with Gasteiger partial charge in [0.15, 0.2) is 0 Å². The van der Waals surface area contributed by atoms with E-state index in [9.17, 15) is 0 Å². The number of rotatable bonds is 1. The minimum Gasteiger partial charge on any atom is -0.313 e. The topological polar surface area (TPSA) is 24.9 Å². The van der Waals surface area contributed by atoms with Crippen LogP contribution in [0.1, 0.15) is 31.2 Å². The van der Waals surface area contributed by atoms with E-state index in [4.69, 9.17) is 0 Å². The first-order chi connectivity index (χ1) is 8.33. The summed E-state index contributed by atoms with van der Waals surface area (Å²) in [6, 6.07) is 4.87. The van der Waals surface area contributed by atoms with Gasteiger partial charge in [0.2, 0.25) is 0 Å². The third-order valence-electron chi connectivity index (χ3n) is 3.93. The summed E-state index contributed by atoms with van der Waals surface area (Å²) in [5.41, 5.74) is 2.74. The maximum atomic E-state index is 4.31. The van der Waals surface area contributed by atoms with Gasteiger partial charge in [-0.1, -0.05) is 12.1 Å². The Balaban J connectivity index is 1.80. The van der Waals surface area contributed by atoms with Gasteiger partial charge in [-0.3, -0.25) is 0 Å². The van der Waals surface area contributed by atoms with Crippen molar-refractivity contribution >= 4 is 21.5 Å². The van der Waals surface area contributed by atoms with Crippen LogP contribution in [-0.4, -0.2) is 17.6 Å². The first-order valence-corrected chi connectivity index (χ1v) is 7.16. The third-order valence-corrected chi connectivity index (χ3v) is 4.40. The summed E-state index contributed by atoms with van der Waals surface area (Å²) in [6.45, 7) is 1.19. The van der Waals surface area contributed by atoms with Crippen molar-refractivity contribution in [3.8, 4) is 0 Å².